The van der Waals surface area contributed by atoms with Crippen LogP contribution >= 0.6 is 0 Å². The van der Waals surface area contributed by atoms with Crippen molar-refractivity contribution in [1.82, 2.24) is 9.80 Å². The Hall–Kier alpha value is -1.26. The Kier molecular flexibility index (Phi) is 4.66. The summed E-state index contributed by atoms with van der Waals surface area (Å²) in [4.78, 5) is 4.80. The van der Waals surface area contributed by atoms with Crippen LogP contribution in [0.4, 0.5) is 0 Å². The van der Waals surface area contributed by atoms with E-state index in [0.29, 0.717) is 11.5 Å². The highest BCUT2D eigenvalue weighted by Gasteiger charge is 2.21. The number of hydrogen-bond acceptors (Lipinski definition) is 4. The Morgan fingerprint density at radius 2 is 2.00 bits per heavy atom. The number of nitrogens with zero attached hydrogens (tertiary/aromatic N) is 2. The van der Waals surface area contributed by atoms with Crippen LogP contribution in [-0.2, 0) is 0 Å². The molecule has 1 heterocycles. The van der Waals surface area contributed by atoms with Gasteiger partial charge in [-0.25, -0.2) is 0 Å². The first-order valence-corrected chi connectivity index (χ1v) is 6.91. The molecule has 1 aromatic rings. The first-order valence-electron chi connectivity index (χ1n) is 6.91. The lowest BCUT2D eigenvalue weighted by Gasteiger charge is -2.28. The third-order valence-electron chi connectivity index (χ3n) is 3.99. The van der Waals surface area contributed by atoms with E-state index in [1.807, 2.05) is 12.1 Å². The summed E-state index contributed by atoms with van der Waals surface area (Å²) in [6.07, 6.45) is 1.18. The van der Waals surface area contributed by atoms with E-state index in [1.54, 1.807) is 13.2 Å². The zero-order valence-corrected chi connectivity index (χ0v) is 12.1. The maximum Gasteiger partial charge on any atom is 0.124 e. The molecule has 1 aliphatic heterocycles. The molecule has 0 radical (unpaired) electrons. The second-order valence-corrected chi connectivity index (χ2v) is 5.29. The molecule has 4 nitrogen and oxygen atoms in total. The maximum atomic E-state index is 10.1. The van der Waals surface area contributed by atoms with E-state index in [9.17, 15) is 5.11 Å². The Bertz CT molecular complexity index is 423. The number of rotatable bonds is 3. The van der Waals surface area contributed by atoms with Gasteiger partial charge in [0.25, 0.3) is 0 Å². The minimum Gasteiger partial charge on any atom is -0.507 e. The van der Waals surface area contributed by atoms with Crippen molar-refractivity contribution < 1.29 is 9.84 Å². The molecule has 1 N–H and O–H groups in total. The van der Waals surface area contributed by atoms with Crippen molar-refractivity contribution in [3.63, 3.8) is 0 Å². The Balaban J connectivity index is 2.12. The molecule has 1 unspecified atom stereocenters. The van der Waals surface area contributed by atoms with E-state index in [4.69, 9.17) is 4.74 Å². The van der Waals surface area contributed by atoms with E-state index in [0.717, 1.165) is 31.7 Å². The summed E-state index contributed by atoms with van der Waals surface area (Å²) in [5.74, 6) is 1.02. The van der Waals surface area contributed by atoms with Gasteiger partial charge in [0, 0.05) is 37.3 Å². The second kappa shape index (κ2) is 6.26. The lowest BCUT2D eigenvalue weighted by molar-refractivity contribution is 0.213. The quantitative estimate of drug-likeness (QED) is 0.907. The van der Waals surface area contributed by atoms with Gasteiger partial charge >= 0.3 is 0 Å². The number of phenols is 1. The molecule has 0 aromatic heterocycles. The molecular formula is C15H24N2O2. The standard InChI is InChI=1S/C15H24N2O2/c1-12(17-8-4-7-16(2)9-10-17)14-6-5-13(19-3)11-15(14)18/h5-6,11-12,18H,4,7-10H2,1-3H3. The summed E-state index contributed by atoms with van der Waals surface area (Å²) in [7, 11) is 3.78. The van der Waals surface area contributed by atoms with Gasteiger partial charge in [-0.15, -0.1) is 0 Å². The molecule has 4 heteroatoms. The minimum atomic E-state index is 0.234. The lowest BCUT2D eigenvalue weighted by atomic mass is 10.1. The van der Waals surface area contributed by atoms with Crippen LogP contribution < -0.4 is 4.74 Å². The largest absolute Gasteiger partial charge is 0.507 e. The zero-order chi connectivity index (χ0) is 13.8. The van der Waals surface area contributed by atoms with Gasteiger partial charge in [-0.1, -0.05) is 6.07 Å². The molecule has 0 spiro atoms. The van der Waals surface area contributed by atoms with E-state index in [1.165, 1.54) is 6.42 Å². The molecule has 1 aromatic carbocycles. The molecule has 0 aliphatic carbocycles. The molecule has 19 heavy (non-hydrogen) atoms. The summed E-state index contributed by atoms with van der Waals surface area (Å²) in [6, 6.07) is 5.80. The average molecular weight is 264 g/mol. The van der Waals surface area contributed by atoms with Gasteiger partial charge in [0.15, 0.2) is 0 Å². The number of phenolic OH excluding ortho intramolecular Hbond substituents is 1. The van der Waals surface area contributed by atoms with Gasteiger partial charge in [-0.3, -0.25) is 4.90 Å². The first-order chi connectivity index (χ1) is 9.11. The van der Waals surface area contributed by atoms with Gasteiger partial charge in [-0.05, 0) is 33.0 Å². The monoisotopic (exact) mass is 264 g/mol. The molecular weight excluding hydrogens is 240 g/mol. The number of hydrogen-bond donors (Lipinski definition) is 1. The number of benzene rings is 1. The van der Waals surface area contributed by atoms with Crippen LogP contribution in [0, 0.1) is 0 Å². The molecule has 1 saturated heterocycles. The van der Waals surface area contributed by atoms with Crippen molar-refractivity contribution in [2.75, 3.05) is 40.3 Å². The van der Waals surface area contributed by atoms with Crippen LogP contribution in [0.2, 0.25) is 0 Å². The summed E-state index contributed by atoms with van der Waals surface area (Å²) in [5, 5.41) is 10.1. The van der Waals surface area contributed by atoms with Crippen molar-refractivity contribution in [3.8, 4) is 11.5 Å². The molecule has 1 aliphatic rings. The van der Waals surface area contributed by atoms with Crippen molar-refractivity contribution >= 4 is 0 Å². The predicted octanol–water partition coefficient (Wildman–Crippen LogP) is 2.10. The third-order valence-corrected chi connectivity index (χ3v) is 3.99. The van der Waals surface area contributed by atoms with Crippen LogP contribution in [0.5, 0.6) is 11.5 Å². The van der Waals surface area contributed by atoms with Crippen LogP contribution in [-0.4, -0.2) is 55.2 Å². The van der Waals surface area contributed by atoms with Crippen LogP contribution in [0.1, 0.15) is 24.9 Å². The number of likely N-dealkylation sites (N-methyl/N-ethyl adjacent to an activating group) is 1. The fourth-order valence-electron chi connectivity index (χ4n) is 2.65. The van der Waals surface area contributed by atoms with E-state index in [-0.39, 0.29) is 6.04 Å². The number of ether oxygens (including phenoxy) is 1. The highest BCUT2D eigenvalue weighted by molar-refractivity contribution is 5.41. The molecule has 0 bridgehead atoms. The summed E-state index contributed by atoms with van der Waals surface area (Å²) >= 11 is 0. The van der Waals surface area contributed by atoms with Gasteiger partial charge in [0.05, 0.1) is 7.11 Å². The fraction of sp³-hybridized carbons (Fsp3) is 0.600. The van der Waals surface area contributed by atoms with E-state index < -0.39 is 0 Å². The third kappa shape index (κ3) is 3.39. The van der Waals surface area contributed by atoms with Gasteiger partial charge < -0.3 is 14.7 Å². The average Bonchev–Trinajstić information content (AvgIpc) is 2.62. The Morgan fingerprint density at radius 1 is 1.21 bits per heavy atom. The molecule has 0 amide bonds. The van der Waals surface area contributed by atoms with Crippen molar-refractivity contribution in [2.45, 2.75) is 19.4 Å². The Labute approximate surface area is 115 Å². The molecule has 106 valence electrons. The van der Waals surface area contributed by atoms with Crippen molar-refractivity contribution in [3.05, 3.63) is 23.8 Å². The zero-order valence-electron chi connectivity index (χ0n) is 12.1. The molecule has 1 atom stereocenters. The van der Waals surface area contributed by atoms with Crippen molar-refractivity contribution in [1.29, 1.82) is 0 Å². The van der Waals surface area contributed by atoms with Crippen LogP contribution in [0.3, 0.4) is 0 Å². The fourth-order valence-corrected chi connectivity index (χ4v) is 2.65. The maximum absolute atomic E-state index is 10.1. The van der Waals surface area contributed by atoms with E-state index >= 15 is 0 Å². The summed E-state index contributed by atoms with van der Waals surface area (Å²) in [5.41, 5.74) is 0.977. The molecule has 1 fully saturated rings. The SMILES string of the molecule is COc1ccc(C(C)N2CCCN(C)CC2)c(O)c1. The van der Waals surface area contributed by atoms with Crippen LogP contribution in [0.15, 0.2) is 18.2 Å². The van der Waals surface area contributed by atoms with Gasteiger partial charge in [0.2, 0.25) is 0 Å². The number of methoxy groups -OCH3 is 1. The normalized spacial score (nSPS) is 19.9. The Morgan fingerprint density at radius 3 is 2.68 bits per heavy atom. The lowest BCUT2D eigenvalue weighted by Crippen LogP contribution is -2.31. The van der Waals surface area contributed by atoms with E-state index in [2.05, 4.69) is 23.8 Å². The topological polar surface area (TPSA) is 35.9 Å². The smallest absolute Gasteiger partial charge is 0.124 e. The minimum absolute atomic E-state index is 0.234. The highest BCUT2D eigenvalue weighted by atomic mass is 16.5. The second-order valence-electron chi connectivity index (χ2n) is 5.29. The highest BCUT2D eigenvalue weighted by Crippen LogP contribution is 2.31. The van der Waals surface area contributed by atoms with Crippen molar-refractivity contribution in [2.24, 2.45) is 0 Å². The predicted molar refractivity (Wildman–Crippen MR) is 76.8 cm³/mol. The summed E-state index contributed by atoms with van der Waals surface area (Å²) in [6.45, 7) is 6.52. The number of aromatic hydroxyl groups is 1. The van der Waals surface area contributed by atoms with Gasteiger partial charge in [-0.2, -0.15) is 0 Å². The van der Waals surface area contributed by atoms with Gasteiger partial charge in [0.1, 0.15) is 11.5 Å². The first kappa shape index (κ1) is 14.2. The molecule has 2 rings (SSSR count). The molecule has 0 saturated carbocycles. The van der Waals surface area contributed by atoms with Crippen LogP contribution in [0.25, 0.3) is 0 Å². The summed E-state index contributed by atoms with van der Waals surface area (Å²) < 4.78 is 5.13.